The molecule has 2 heterocycles. The predicted molar refractivity (Wildman–Crippen MR) is 73.2 cm³/mol. The topological polar surface area (TPSA) is 46.8 Å². The van der Waals surface area contributed by atoms with Crippen molar-refractivity contribution in [3.8, 4) is 11.6 Å². The molecule has 0 saturated carbocycles. The fraction of sp³-hybridized carbons (Fsp3) is 0.0833. The highest BCUT2D eigenvalue weighted by Gasteiger charge is 2.15. The van der Waals surface area contributed by atoms with Crippen LogP contribution in [-0.2, 0) is 6.61 Å². The van der Waals surface area contributed by atoms with Crippen molar-refractivity contribution in [3.05, 3.63) is 45.8 Å². The first-order chi connectivity index (χ1) is 9.19. The normalized spacial score (nSPS) is 11.1. The Labute approximate surface area is 120 Å². The third kappa shape index (κ3) is 2.24. The molecule has 3 rings (SSSR count). The SMILES string of the molecule is OCc1c(Oc2ccc(F)cc2Br)nc2sccn12. The van der Waals surface area contributed by atoms with Crippen molar-refractivity contribution >= 4 is 32.2 Å². The van der Waals surface area contributed by atoms with Gasteiger partial charge in [0.25, 0.3) is 0 Å². The number of rotatable bonds is 3. The van der Waals surface area contributed by atoms with Gasteiger partial charge in [0, 0.05) is 11.6 Å². The van der Waals surface area contributed by atoms with Crippen LogP contribution in [0.15, 0.2) is 34.2 Å². The number of benzene rings is 1. The van der Waals surface area contributed by atoms with Gasteiger partial charge < -0.3 is 9.84 Å². The summed E-state index contributed by atoms with van der Waals surface area (Å²) in [4.78, 5) is 5.02. The largest absolute Gasteiger partial charge is 0.436 e. The first-order valence-corrected chi connectivity index (χ1v) is 7.04. The number of halogens is 2. The van der Waals surface area contributed by atoms with Crippen LogP contribution in [-0.4, -0.2) is 14.5 Å². The Balaban J connectivity index is 2.02. The number of nitrogens with zero attached hydrogens (tertiary/aromatic N) is 2. The van der Waals surface area contributed by atoms with Gasteiger partial charge in [-0.15, -0.1) is 11.3 Å². The van der Waals surface area contributed by atoms with E-state index in [-0.39, 0.29) is 12.4 Å². The Hall–Kier alpha value is -1.44. The van der Waals surface area contributed by atoms with E-state index in [1.807, 2.05) is 11.6 Å². The molecule has 0 atom stereocenters. The van der Waals surface area contributed by atoms with Crippen LogP contribution < -0.4 is 4.74 Å². The zero-order valence-corrected chi connectivity index (χ0v) is 11.9. The van der Waals surface area contributed by atoms with Crippen molar-refractivity contribution in [1.29, 1.82) is 0 Å². The van der Waals surface area contributed by atoms with Crippen molar-refractivity contribution in [2.24, 2.45) is 0 Å². The molecule has 19 heavy (non-hydrogen) atoms. The lowest BCUT2D eigenvalue weighted by Gasteiger charge is -2.06. The summed E-state index contributed by atoms with van der Waals surface area (Å²) >= 11 is 4.67. The lowest BCUT2D eigenvalue weighted by atomic mass is 10.3. The van der Waals surface area contributed by atoms with Crippen LogP contribution in [0.5, 0.6) is 11.6 Å². The average molecular weight is 343 g/mol. The number of fused-ring (bicyclic) bond motifs is 1. The van der Waals surface area contributed by atoms with Gasteiger partial charge in [0.05, 0.1) is 11.1 Å². The summed E-state index contributed by atoms with van der Waals surface area (Å²) in [6, 6.07) is 4.12. The second-order valence-electron chi connectivity index (χ2n) is 3.75. The third-order valence-corrected chi connectivity index (χ3v) is 3.95. The Morgan fingerprint density at radius 1 is 1.47 bits per heavy atom. The number of hydrogen-bond acceptors (Lipinski definition) is 4. The minimum Gasteiger partial charge on any atom is -0.436 e. The monoisotopic (exact) mass is 342 g/mol. The lowest BCUT2D eigenvalue weighted by Crippen LogP contribution is -1.94. The van der Waals surface area contributed by atoms with Crippen LogP contribution >= 0.6 is 27.3 Å². The van der Waals surface area contributed by atoms with Gasteiger partial charge in [0.15, 0.2) is 4.96 Å². The molecular weight excluding hydrogens is 335 g/mol. The average Bonchev–Trinajstić information content (AvgIpc) is 2.92. The summed E-state index contributed by atoms with van der Waals surface area (Å²) < 4.78 is 20.9. The minimum atomic E-state index is -0.354. The Bertz CT molecular complexity index is 740. The molecule has 0 spiro atoms. The van der Waals surface area contributed by atoms with E-state index in [4.69, 9.17) is 4.74 Å². The third-order valence-electron chi connectivity index (χ3n) is 2.57. The number of hydrogen-bond donors (Lipinski definition) is 1. The molecule has 0 aliphatic carbocycles. The van der Waals surface area contributed by atoms with Gasteiger partial charge in [0.1, 0.15) is 17.3 Å². The van der Waals surface area contributed by atoms with E-state index < -0.39 is 0 Å². The summed E-state index contributed by atoms with van der Waals surface area (Å²) in [6.07, 6.45) is 1.81. The van der Waals surface area contributed by atoms with Gasteiger partial charge in [-0.05, 0) is 34.1 Å². The van der Waals surface area contributed by atoms with E-state index in [1.165, 1.54) is 29.5 Å². The zero-order chi connectivity index (χ0) is 13.4. The first kappa shape index (κ1) is 12.6. The van der Waals surface area contributed by atoms with Gasteiger partial charge in [-0.2, -0.15) is 4.98 Å². The standard InChI is InChI=1S/C12H8BrFN2O2S/c13-8-5-7(14)1-2-10(8)18-11-9(6-17)16-3-4-19-12(16)15-11/h1-5,17H,6H2. The molecule has 4 nitrogen and oxygen atoms in total. The summed E-state index contributed by atoms with van der Waals surface area (Å²) in [5.74, 6) is 0.413. The Morgan fingerprint density at radius 2 is 2.32 bits per heavy atom. The number of aliphatic hydroxyl groups excluding tert-OH is 1. The molecule has 98 valence electrons. The summed E-state index contributed by atoms with van der Waals surface area (Å²) in [5.41, 5.74) is 0.562. The molecule has 0 saturated heterocycles. The van der Waals surface area contributed by atoms with E-state index >= 15 is 0 Å². The molecule has 2 aromatic heterocycles. The number of aromatic nitrogens is 2. The highest BCUT2D eigenvalue weighted by Crippen LogP contribution is 2.32. The fourth-order valence-electron chi connectivity index (χ4n) is 1.70. The van der Waals surface area contributed by atoms with Gasteiger partial charge in [0.2, 0.25) is 5.88 Å². The van der Waals surface area contributed by atoms with E-state index in [2.05, 4.69) is 20.9 Å². The molecule has 0 fully saturated rings. The minimum absolute atomic E-state index is 0.188. The summed E-state index contributed by atoms with van der Waals surface area (Å²) in [6.45, 7) is -0.188. The predicted octanol–water partition coefficient (Wildman–Crippen LogP) is 3.58. The number of aliphatic hydroxyl groups is 1. The lowest BCUT2D eigenvalue weighted by molar-refractivity contribution is 0.269. The van der Waals surface area contributed by atoms with Crippen molar-refractivity contribution in [1.82, 2.24) is 9.38 Å². The Kier molecular flexibility index (Phi) is 3.26. The summed E-state index contributed by atoms with van der Waals surface area (Å²) in [7, 11) is 0. The van der Waals surface area contributed by atoms with Gasteiger partial charge in [-0.1, -0.05) is 0 Å². The van der Waals surface area contributed by atoms with E-state index in [0.29, 0.717) is 21.8 Å². The second kappa shape index (κ2) is 4.92. The Morgan fingerprint density at radius 3 is 3.05 bits per heavy atom. The number of imidazole rings is 1. The quantitative estimate of drug-likeness (QED) is 0.791. The van der Waals surface area contributed by atoms with Crippen molar-refractivity contribution in [3.63, 3.8) is 0 Å². The van der Waals surface area contributed by atoms with Crippen LogP contribution in [0.4, 0.5) is 4.39 Å². The van der Waals surface area contributed by atoms with Crippen molar-refractivity contribution in [2.75, 3.05) is 0 Å². The molecule has 0 bridgehead atoms. The fourth-order valence-corrected chi connectivity index (χ4v) is 2.86. The van der Waals surface area contributed by atoms with E-state index in [9.17, 15) is 9.50 Å². The molecule has 3 aromatic rings. The number of thiazole rings is 1. The first-order valence-electron chi connectivity index (χ1n) is 5.37. The van der Waals surface area contributed by atoms with E-state index in [1.54, 1.807) is 4.40 Å². The van der Waals surface area contributed by atoms with Crippen molar-refractivity contribution in [2.45, 2.75) is 6.61 Å². The highest BCUT2D eigenvalue weighted by atomic mass is 79.9. The van der Waals surface area contributed by atoms with Gasteiger partial charge >= 0.3 is 0 Å². The molecule has 0 radical (unpaired) electrons. The maximum atomic E-state index is 13.0. The van der Waals surface area contributed by atoms with E-state index in [0.717, 1.165) is 4.96 Å². The molecule has 0 aliphatic heterocycles. The molecule has 7 heteroatoms. The molecule has 0 unspecified atom stereocenters. The maximum absolute atomic E-state index is 13.0. The van der Waals surface area contributed by atoms with Gasteiger partial charge in [-0.25, -0.2) is 4.39 Å². The summed E-state index contributed by atoms with van der Waals surface area (Å²) in [5, 5.41) is 11.3. The van der Waals surface area contributed by atoms with Crippen molar-refractivity contribution < 1.29 is 14.2 Å². The maximum Gasteiger partial charge on any atom is 0.244 e. The number of ether oxygens (including phenoxy) is 1. The van der Waals surface area contributed by atoms with Crippen LogP contribution in [0, 0.1) is 5.82 Å². The second-order valence-corrected chi connectivity index (χ2v) is 5.48. The molecule has 0 aliphatic rings. The van der Waals surface area contributed by atoms with Crippen LogP contribution in [0.25, 0.3) is 4.96 Å². The molecular formula is C12H8BrFN2O2S. The zero-order valence-electron chi connectivity index (χ0n) is 9.51. The molecule has 0 amide bonds. The molecule has 1 aromatic carbocycles. The highest BCUT2D eigenvalue weighted by molar-refractivity contribution is 9.10. The van der Waals surface area contributed by atoms with Crippen LogP contribution in [0.2, 0.25) is 0 Å². The van der Waals surface area contributed by atoms with Gasteiger partial charge in [-0.3, -0.25) is 4.40 Å². The molecule has 1 N–H and O–H groups in total. The van der Waals surface area contributed by atoms with Crippen LogP contribution in [0.3, 0.4) is 0 Å². The smallest absolute Gasteiger partial charge is 0.244 e. The van der Waals surface area contributed by atoms with Crippen LogP contribution in [0.1, 0.15) is 5.69 Å².